The van der Waals surface area contributed by atoms with Gasteiger partial charge in [0.05, 0.1) is 33.3 Å². The van der Waals surface area contributed by atoms with E-state index in [1.54, 1.807) is 34.1 Å². The number of nitrogens with zero attached hydrogens (tertiary/aromatic N) is 3. The zero-order chi connectivity index (χ0) is 47.7. The highest BCUT2D eigenvalue weighted by atomic mass is 35.5. The summed E-state index contributed by atoms with van der Waals surface area (Å²) in [5.74, 6) is -0.600. The van der Waals surface area contributed by atoms with E-state index in [9.17, 15) is 19.8 Å². The molecule has 0 saturated carbocycles. The van der Waals surface area contributed by atoms with Crippen LogP contribution < -0.4 is 24.6 Å². The van der Waals surface area contributed by atoms with Gasteiger partial charge in [-0.2, -0.15) is 0 Å². The minimum Gasteiger partial charge on any atom is -0.508 e. The molecule has 0 aliphatic carbocycles. The minimum atomic E-state index is -0.632. The van der Waals surface area contributed by atoms with E-state index in [-0.39, 0.29) is 74.0 Å². The van der Waals surface area contributed by atoms with Gasteiger partial charge in [0.2, 0.25) is 0 Å². The molecule has 0 spiro atoms. The molecule has 3 N–H and O–H groups in total. The van der Waals surface area contributed by atoms with Gasteiger partial charge in [-0.25, -0.2) is 13.6 Å². The molecule has 10 rings (SSSR count). The molecule has 11 nitrogen and oxygen atoms in total. The fraction of sp³-hybridized carbons (Fsp3) is 0.320. The van der Waals surface area contributed by atoms with E-state index < -0.39 is 17.2 Å². The normalized spacial score (nSPS) is 15.8. The van der Waals surface area contributed by atoms with Gasteiger partial charge in [-0.05, 0) is 89.8 Å². The zero-order valence-electron chi connectivity index (χ0n) is 36.9. The Morgan fingerprint density at radius 1 is 0.776 bits per heavy atom. The molecule has 2 amide bonds. The Balaban J connectivity index is 0.000000174. The number of benzene rings is 6. The number of alkyl halides is 2. The number of phenolic OH excluding ortho intramolecular Hbond substituents is 2. The fourth-order valence-corrected chi connectivity index (χ4v) is 9.28. The van der Waals surface area contributed by atoms with E-state index in [2.05, 4.69) is 10.2 Å². The van der Waals surface area contributed by atoms with Crippen LogP contribution in [0.1, 0.15) is 20.8 Å². The summed E-state index contributed by atoms with van der Waals surface area (Å²) >= 11 is 22.7. The number of carbonyl (C=O) groups is 2. The van der Waals surface area contributed by atoms with Crippen molar-refractivity contribution in [3.05, 3.63) is 107 Å². The summed E-state index contributed by atoms with van der Waals surface area (Å²) in [5.41, 5.74) is 1.76. The number of amides is 2. The average Bonchev–Trinajstić information content (AvgIpc) is 3.23. The van der Waals surface area contributed by atoms with Gasteiger partial charge >= 0.3 is 6.09 Å². The van der Waals surface area contributed by atoms with E-state index in [0.29, 0.717) is 67.8 Å². The summed E-state index contributed by atoms with van der Waals surface area (Å²) < 4.78 is 48.2. The number of rotatable bonds is 6. The Hall–Kier alpha value is -5.44. The van der Waals surface area contributed by atoms with Crippen LogP contribution in [0.2, 0.25) is 10.0 Å². The molecule has 0 bridgehead atoms. The molecule has 2 saturated heterocycles. The lowest BCUT2D eigenvalue weighted by Gasteiger charge is -2.43. The number of halogens is 6. The van der Waals surface area contributed by atoms with Gasteiger partial charge in [-0.3, -0.25) is 4.79 Å². The van der Waals surface area contributed by atoms with Gasteiger partial charge in [-0.15, -0.1) is 23.2 Å². The van der Waals surface area contributed by atoms with Crippen LogP contribution in [0.4, 0.5) is 25.0 Å². The average molecular weight is 997 g/mol. The summed E-state index contributed by atoms with van der Waals surface area (Å²) in [6.45, 7) is 10.2. The van der Waals surface area contributed by atoms with E-state index >= 15 is 8.78 Å². The van der Waals surface area contributed by atoms with E-state index in [1.165, 1.54) is 12.1 Å². The first-order valence-electron chi connectivity index (χ1n) is 21.6. The number of hydrogen-bond acceptors (Lipinski definition) is 9. The Morgan fingerprint density at radius 2 is 1.30 bits per heavy atom. The second kappa shape index (κ2) is 20.0. The van der Waals surface area contributed by atoms with Crippen molar-refractivity contribution in [2.45, 2.75) is 26.4 Å². The third kappa shape index (κ3) is 10.2. The van der Waals surface area contributed by atoms with Gasteiger partial charge in [0.15, 0.2) is 29.7 Å². The van der Waals surface area contributed by atoms with Crippen molar-refractivity contribution in [2.24, 2.45) is 11.8 Å². The van der Waals surface area contributed by atoms with Crippen LogP contribution in [-0.2, 0) is 9.53 Å². The van der Waals surface area contributed by atoms with Crippen LogP contribution in [0.15, 0.2) is 84.9 Å². The molecule has 352 valence electrons. The van der Waals surface area contributed by atoms with Crippen LogP contribution in [0.3, 0.4) is 0 Å². The topological polar surface area (TPSA) is 124 Å². The van der Waals surface area contributed by atoms with Gasteiger partial charge in [0.1, 0.15) is 23.7 Å². The SMILES string of the molecule is CC(C)(C)OC(=O)N1CC(CN2CCOc3c2cc(Cl)c(-c2cc(O)cc4ccccc24)c3F)C1.ClCCl.O=C1COc2c(cc(Cl)c(-c3cc(O)cc4ccccc34)c2F)N1CC1CNC1. The van der Waals surface area contributed by atoms with Crippen molar-refractivity contribution < 1.29 is 42.8 Å². The summed E-state index contributed by atoms with van der Waals surface area (Å²) in [6, 6.07) is 24.4. The molecule has 0 atom stereocenters. The second-order valence-electron chi connectivity index (χ2n) is 17.7. The van der Waals surface area contributed by atoms with Crippen LogP contribution in [0, 0.1) is 23.5 Å². The first-order chi connectivity index (χ1) is 32.0. The molecule has 0 unspecified atom stereocenters. The lowest BCUT2D eigenvalue weighted by atomic mass is 9.95. The first-order valence-corrected chi connectivity index (χ1v) is 23.5. The predicted octanol–water partition coefficient (Wildman–Crippen LogP) is 11.4. The third-order valence-electron chi connectivity index (χ3n) is 11.8. The standard InChI is InChI=1S/C27H28ClFN2O4.C22H18ClFN2O3.CH2Cl2/c1-27(2,3)35-26(33)31-14-16(15-31)13-30-8-9-34-25-22(30)12-21(28)23(24(25)29)20-11-18(32)10-17-6-4-5-7-19(17)20;23-17-7-18-22(29-11-19(28)26(18)10-12-8-25-9-12)21(24)20(17)16-6-14(27)5-13-3-1-2-4-15(13)16;2-1-3/h4-7,10-12,16,32H,8-9,13-15H2,1-3H3;1-7,12,25,27H,8-11H2;1H2. The number of nitrogens with one attached hydrogen (secondary N) is 1. The predicted molar refractivity (Wildman–Crippen MR) is 262 cm³/mol. The first kappa shape index (κ1) is 48.0. The van der Waals surface area contributed by atoms with Crippen LogP contribution in [0.25, 0.3) is 43.8 Å². The smallest absolute Gasteiger partial charge is 0.410 e. The maximum Gasteiger partial charge on any atom is 0.410 e. The molecule has 67 heavy (non-hydrogen) atoms. The lowest BCUT2D eigenvalue weighted by Crippen LogP contribution is -2.55. The molecule has 4 heterocycles. The Morgan fingerprint density at radius 3 is 1.82 bits per heavy atom. The van der Waals surface area contributed by atoms with Crippen LogP contribution in [0.5, 0.6) is 23.0 Å². The van der Waals surface area contributed by atoms with Crippen molar-refractivity contribution in [1.29, 1.82) is 0 Å². The molecule has 4 aliphatic heterocycles. The maximum absolute atomic E-state index is 15.9. The summed E-state index contributed by atoms with van der Waals surface area (Å²) in [4.78, 5) is 30.0. The molecule has 6 aromatic rings. The monoisotopic (exact) mass is 994 g/mol. The molecule has 6 aromatic carbocycles. The minimum absolute atomic E-state index is 0.0158. The molecule has 2 fully saturated rings. The lowest BCUT2D eigenvalue weighted by molar-refractivity contribution is -0.121. The number of anilines is 2. The highest BCUT2D eigenvalue weighted by molar-refractivity contribution is 6.40. The van der Waals surface area contributed by atoms with Gasteiger partial charge < -0.3 is 44.4 Å². The molecule has 0 radical (unpaired) electrons. The van der Waals surface area contributed by atoms with Gasteiger partial charge in [-0.1, -0.05) is 71.7 Å². The molecular formula is C50H48Cl4F2N4O7. The quantitative estimate of drug-likeness (QED) is 0.140. The Kier molecular flexibility index (Phi) is 14.4. The summed E-state index contributed by atoms with van der Waals surface area (Å²) in [7, 11) is 0. The largest absolute Gasteiger partial charge is 0.508 e. The molecule has 4 aliphatic rings. The van der Waals surface area contributed by atoms with Crippen molar-refractivity contribution >= 4 is 91.3 Å². The zero-order valence-corrected chi connectivity index (χ0v) is 39.9. The van der Waals surface area contributed by atoms with Crippen LogP contribution in [-0.4, -0.2) is 97.1 Å². The number of carbonyl (C=O) groups excluding carboxylic acids is 2. The second-order valence-corrected chi connectivity index (χ2v) is 19.3. The van der Waals surface area contributed by atoms with E-state index in [1.807, 2.05) is 69.3 Å². The van der Waals surface area contributed by atoms with Crippen molar-refractivity contribution in [1.82, 2.24) is 10.2 Å². The number of likely N-dealkylation sites (tertiary alicyclic amines) is 1. The third-order valence-corrected chi connectivity index (χ3v) is 12.4. The van der Waals surface area contributed by atoms with Crippen molar-refractivity contribution in [3.8, 4) is 45.3 Å². The van der Waals surface area contributed by atoms with Crippen LogP contribution >= 0.6 is 46.4 Å². The van der Waals surface area contributed by atoms with E-state index in [0.717, 1.165) is 34.6 Å². The molecule has 17 heteroatoms. The number of ether oxygens (including phenoxy) is 3. The highest BCUT2D eigenvalue weighted by Crippen LogP contribution is 2.48. The Bertz CT molecular complexity index is 2860. The van der Waals surface area contributed by atoms with E-state index in [4.69, 9.17) is 60.6 Å². The number of hydrogen-bond donors (Lipinski definition) is 3. The molecular weight excluding hydrogens is 948 g/mol. The number of fused-ring (bicyclic) bond motifs is 4. The number of phenols is 2. The van der Waals surface area contributed by atoms with Crippen molar-refractivity contribution in [2.75, 3.05) is 74.2 Å². The summed E-state index contributed by atoms with van der Waals surface area (Å²) in [6.07, 6.45) is -0.312. The maximum atomic E-state index is 15.9. The summed E-state index contributed by atoms with van der Waals surface area (Å²) in [5, 5.41) is 27.3. The number of aromatic hydroxyl groups is 2. The van der Waals surface area contributed by atoms with Gasteiger partial charge in [0, 0.05) is 62.2 Å². The fourth-order valence-electron chi connectivity index (χ4n) is 8.71. The van der Waals surface area contributed by atoms with Crippen molar-refractivity contribution in [3.63, 3.8) is 0 Å². The highest BCUT2D eigenvalue weighted by Gasteiger charge is 2.37. The van der Waals surface area contributed by atoms with Gasteiger partial charge in [0.25, 0.3) is 5.91 Å². The Labute approximate surface area is 406 Å². The molecule has 0 aromatic heterocycles.